The minimum atomic E-state index is 1.02. The van der Waals surface area contributed by atoms with Gasteiger partial charge in [-0.1, -0.05) is 36.4 Å². The molecular formula is C19H11N3S. The van der Waals surface area contributed by atoms with E-state index < -0.39 is 0 Å². The van der Waals surface area contributed by atoms with Gasteiger partial charge in [0, 0.05) is 33.4 Å². The van der Waals surface area contributed by atoms with E-state index in [1.807, 2.05) is 18.5 Å². The smallest absolute Gasteiger partial charge is 0.116 e. The third kappa shape index (κ3) is 1.85. The zero-order chi connectivity index (χ0) is 15.2. The van der Waals surface area contributed by atoms with Crippen molar-refractivity contribution in [3.63, 3.8) is 0 Å². The summed E-state index contributed by atoms with van der Waals surface area (Å²) in [5.74, 6) is 0. The molecule has 4 heteroatoms. The monoisotopic (exact) mass is 313 g/mol. The van der Waals surface area contributed by atoms with E-state index in [1.54, 1.807) is 17.7 Å². The maximum Gasteiger partial charge on any atom is 0.116 e. The molecule has 2 aromatic carbocycles. The molecule has 23 heavy (non-hydrogen) atoms. The highest BCUT2D eigenvalue weighted by atomic mass is 32.1. The first kappa shape index (κ1) is 12.7. The molecule has 0 bridgehead atoms. The lowest BCUT2D eigenvalue weighted by Gasteiger charge is -2.07. The Bertz CT molecular complexity index is 1170. The molecule has 3 heterocycles. The van der Waals surface area contributed by atoms with Gasteiger partial charge >= 0.3 is 0 Å². The second kappa shape index (κ2) is 4.83. The summed E-state index contributed by atoms with van der Waals surface area (Å²) in [5.41, 5.74) is 4.36. The van der Waals surface area contributed by atoms with Crippen LogP contribution in [0.2, 0.25) is 0 Å². The Balaban J connectivity index is 1.96. The fourth-order valence-electron chi connectivity index (χ4n) is 3.10. The first-order valence-electron chi connectivity index (χ1n) is 7.37. The van der Waals surface area contributed by atoms with E-state index in [1.165, 1.54) is 15.6 Å². The number of benzene rings is 2. The Morgan fingerprint density at radius 2 is 1.61 bits per heavy atom. The number of rotatable bonds is 1. The molecule has 0 fully saturated rings. The molecule has 0 aliphatic rings. The number of pyridine rings is 1. The quantitative estimate of drug-likeness (QED) is 0.434. The SMILES string of the molecule is c1cnc2c(-c3cccc4sc5cncnc5c34)cccc2c1. The van der Waals surface area contributed by atoms with Crippen molar-refractivity contribution in [2.75, 3.05) is 0 Å². The van der Waals surface area contributed by atoms with E-state index in [9.17, 15) is 0 Å². The number of aromatic nitrogens is 3. The van der Waals surface area contributed by atoms with Crippen molar-refractivity contribution in [1.82, 2.24) is 15.0 Å². The van der Waals surface area contributed by atoms with E-state index in [-0.39, 0.29) is 0 Å². The van der Waals surface area contributed by atoms with Crippen LogP contribution in [-0.4, -0.2) is 15.0 Å². The van der Waals surface area contributed by atoms with Gasteiger partial charge in [-0.2, -0.15) is 0 Å². The average molecular weight is 313 g/mol. The van der Waals surface area contributed by atoms with E-state index in [0.717, 1.165) is 26.7 Å². The molecule has 5 rings (SSSR count). The lowest BCUT2D eigenvalue weighted by molar-refractivity contribution is 1.23. The number of hydrogen-bond acceptors (Lipinski definition) is 4. The van der Waals surface area contributed by atoms with Crippen molar-refractivity contribution in [2.45, 2.75) is 0 Å². The molecule has 0 radical (unpaired) electrons. The van der Waals surface area contributed by atoms with Crippen molar-refractivity contribution in [2.24, 2.45) is 0 Å². The topological polar surface area (TPSA) is 38.7 Å². The van der Waals surface area contributed by atoms with Crippen molar-refractivity contribution in [3.05, 3.63) is 67.3 Å². The summed E-state index contributed by atoms with van der Waals surface area (Å²) in [7, 11) is 0. The Morgan fingerprint density at radius 1 is 0.739 bits per heavy atom. The van der Waals surface area contributed by atoms with Gasteiger partial charge in [0.05, 0.1) is 15.7 Å². The lowest BCUT2D eigenvalue weighted by atomic mass is 9.98. The Labute approximate surface area is 136 Å². The molecule has 3 nitrogen and oxygen atoms in total. The molecule has 0 N–H and O–H groups in total. The van der Waals surface area contributed by atoms with Gasteiger partial charge in [0.1, 0.15) is 6.33 Å². The van der Waals surface area contributed by atoms with Gasteiger partial charge in [0.2, 0.25) is 0 Å². The van der Waals surface area contributed by atoms with Crippen molar-refractivity contribution >= 4 is 42.5 Å². The summed E-state index contributed by atoms with van der Waals surface area (Å²) in [6.07, 6.45) is 5.35. The van der Waals surface area contributed by atoms with Crippen molar-refractivity contribution in [3.8, 4) is 11.1 Å². The van der Waals surface area contributed by atoms with E-state index >= 15 is 0 Å². The zero-order valence-electron chi connectivity index (χ0n) is 12.1. The Hall–Kier alpha value is -2.85. The number of fused-ring (bicyclic) bond motifs is 4. The highest BCUT2D eigenvalue weighted by Crippen LogP contribution is 2.40. The highest BCUT2D eigenvalue weighted by Gasteiger charge is 2.13. The van der Waals surface area contributed by atoms with Crippen LogP contribution in [-0.2, 0) is 0 Å². The zero-order valence-corrected chi connectivity index (χ0v) is 12.9. The molecular weight excluding hydrogens is 302 g/mol. The van der Waals surface area contributed by atoms with Crippen LogP contribution < -0.4 is 0 Å². The number of thiophene rings is 1. The maximum absolute atomic E-state index is 4.60. The summed E-state index contributed by atoms with van der Waals surface area (Å²) >= 11 is 1.73. The lowest BCUT2D eigenvalue weighted by Crippen LogP contribution is -1.86. The minimum Gasteiger partial charge on any atom is -0.256 e. The van der Waals surface area contributed by atoms with Crippen LogP contribution in [0.15, 0.2) is 67.3 Å². The standard InChI is InChI=1S/C19H11N3S/c1-4-12-5-3-9-21-18(12)14(7-1)13-6-2-8-15-17(13)19-16(23-15)10-20-11-22-19/h1-11H. The van der Waals surface area contributed by atoms with Gasteiger partial charge < -0.3 is 0 Å². The normalized spacial score (nSPS) is 11.5. The van der Waals surface area contributed by atoms with Gasteiger partial charge in [-0.25, -0.2) is 9.97 Å². The summed E-state index contributed by atoms with van der Waals surface area (Å²) in [5, 5.41) is 2.34. The van der Waals surface area contributed by atoms with E-state index in [0.29, 0.717) is 0 Å². The van der Waals surface area contributed by atoms with Crippen LogP contribution in [0.5, 0.6) is 0 Å². The van der Waals surface area contributed by atoms with Crippen molar-refractivity contribution in [1.29, 1.82) is 0 Å². The number of para-hydroxylation sites is 1. The van der Waals surface area contributed by atoms with Gasteiger partial charge in [-0.15, -0.1) is 11.3 Å². The second-order valence-corrected chi connectivity index (χ2v) is 6.48. The molecule has 5 aromatic rings. The summed E-state index contributed by atoms with van der Waals surface area (Å²) < 4.78 is 2.34. The molecule has 0 unspecified atom stereocenters. The van der Waals surface area contributed by atoms with Crippen LogP contribution in [0.3, 0.4) is 0 Å². The molecule has 0 atom stereocenters. The molecule has 108 valence electrons. The molecule has 3 aromatic heterocycles. The van der Waals surface area contributed by atoms with Crippen LogP contribution >= 0.6 is 11.3 Å². The summed E-state index contributed by atoms with van der Waals surface area (Å²) in [6.45, 7) is 0. The van der Waals surface area contributed by atoms with Crippen LogP contribution in [0, 0.1) is 0 Å². The molecule has 0 saturated heterocycles. The summed E-state index contributed by atoms with van der Waals surface area (Å²) in [6, 6.07) is 16.8. The third-order valence-electron chi connectivity index (χ3n) is 4.08. The van der Waals surface area contributed by atoms with Gasteiger partial charge in [-0.3, -0.25) is 4.98 Å². The van der Waals surface area contributed by atoms with Gasteiger partial charge in [0.25, 0.3) is 0 Å². The third-order valence-corrected chi connectivity index (χ3v) is 5.16. The average Bonchev–Trinajstić information content (AvgIpc) is 3.00. The first-order valence-corrected chi connectivity index (χ1v) is 8.19. The number of nitrogens with zero attached hydrogens (tertiary/aromatic N) is 3. The van der Waals surface area contributed by atoms with Gasteiger partial charge in [-0.05, 0) is 17.7 Å². The predicted octanol–water partition coefficient (Wildman–Crippen LogP) is 5.06. The minimum absolute atomic E-state index is 1.02. The van der Waals surface area contributed by atoms with E-state index in [4.69, 9.17) is 0 Å². The first-order chi connectivity index (χ1) is 11.4. The Kier molecular flexibility index (Phi) is 2.66. The second-order valence-electron chi connectivity index (χ2n) is 5.40. The molecule has 0 aliphatic heterocycles. The van der Waals surface area contributed by atoms with E-state index in [2.05, 4.69) is 57.4 Å². The summed E-state index contributed by atoms with van der Waals surface area (Å²) in [4.78, 5) is 13.3. The highest BCUT2D eigenvalue weighted by molar-refractivity contribution is 7.25. The Morgan fingerprint density at radius 3 is 2.61 bits per heavy atom. The van der Waals surface area contributed by atoms with Gasteiger partial charge in [0.15, 0.2) is 0 Å². The maximum atomic E-state index is 4.60. The molecule has 0 aliphatic carbocycles. The van der Waals surface area contributed by atoms with Crippen LogP contribution in [0.4, 0.5) is 0 Å². The predicted molar refractivity (Wildman–Crippen MR) is 95.7 cm³/mol. The van der Waals surface area contributed by atoms with Crippen LogP contribution in [0.25, 0.3) is 42.3 Å². The number of hydrogen-bond donors (Lipinski definition) is 0. The molecule has 0 amide bonds. The molecule has 0 spiro atoms. The fraction of sp³-hybridized carbons (Fsp3) is 0. The van der Waals surface area contributed by atoms with Crippen LogP contribution in [0.1, 0.15) is 0 Å². The molecule has 0 saturated carbocycles. The van der Waals surface area contributed by atoms with Crippen molar-refractivity contribution < 1.29 is 0 Å². The fourth-order valence-corrected chi connectivity index (χ4v) is 4.16. The largest absolute Gasteiger partial charge is 0.256 e.